The van der Waals surface area contributed by atoms with E-state index in [9.17, 15) is 0 Å². The van der Waals surface area contributed by atoms with E-state index in [1.807, 2.05) is 38.2 Å². The SMILES string of the molecule is Cc1nc(N(C)Cc2ccncc2)ccc1CCl. The molecule has 0 aromatic carbocycles. The summed E-state index contributed by atoms with van der Waals surface area (Å²) in [6.07, 6.45) is 3.61. The predicted molar refractivity (Wildman–Crippen MR) is 74.9 cm³/mol. The monoisotopic (exact) mass is 261 g/mol. The molecule has 0 bridgehead atoms. The first-order valence-corrected chi connectivity index (χ1v) is 6.36. The van der Waals surface area contributed by atoms with Crippen molar-refractivity contribution in [2.75, 3.05) is 11.9 Å². The van der Waals surface area contributed by atoms with Crippen molar-refractivity contribution in [1.29, 1.82) is 0 Å². The van der Waals surface area contributed by atoms with Crippen molar-refractivity contribution in [3.05, 3.63) is 53.5 Å². The molecule has 18 heavy (non-hydrogen) atoms. The fourth-order valence-corrected chi connectivity index (χ4v) is 2.06. The highest BCUT2D eigenvalue weighted by atomic mass is 35.5. The first-order valence-electron chi connectivity index (χ1n) is 5.83. The summed E-state index contributed by atoms with van der Waals surface area (Å²) in [5.41, 5.74) is 3.29. The minimum Gasteiger partial charge on any atom is -0.355 e. The Bertz CT molecular complexity index is 514. The molecule has 2 aromatic heterocycles. The van der Waals surface area contributed by atoms with Gasteiger partial charge in [0.05, 0.1) is 0 Å². The molecule has 0 aliphatic carbocycles. The minimum atomic E-state index is 0.507. The molecule has 0 fully saturated rings. The van der Waals surface area contributed by atoms with Crippen molar-refractivity contribution in [3.8, 4) is 0 Å². The maximum Gasteiger partial charge on any atom is 0.128 e. The Morgan fingerprint density at radius 2 is 1.89 bits per heavy atom. The lowest BCUT2D eigenvalue weighted by atomic mass is 10.2. The van der Waals surface area contributed by atoms with E-state index in [1.54, 1.807) is 12.4 Å². The van der Waals surface area contributed by atoms with Crippen LogP contribution in [0.25, 0.3) is 0 Å². The number of alkyl halides is 1. The molecule has 0 amide bonds. The molecule has 3 nitrogen and oxygen atoms in total. The lowest BCUT2D eigenvalue weighted by Gasteiger charge is -2.19. The molecule has 0 saturated heterocycles. The van der Waals surface area contributed by atoms with Crippen molar-refractivity contribution >= 4 is 17.4 Å². The molecular formula is C14H16ClN3. The number of hydrogen-bond donors (Lipinski definition) is 0. The first kappa shape index (κ1) is 12.8. The van der Waals surface area contributed by atoms with Crippen LogP contribution in [0.2, 0.25) is 0 Å². The number of halogens is 1. The van der Waals surface area contributed by atoms with Gasteiger partial charge in [-0.25, -0.2) is 4.98 Å². The maximum atomic E-state index is 5.83. The first-order chi connectivity index (χ1) is 8.70. The zero-order valence-electron chi connectivity index (χ0n) is 10.6. The summed E-state index contributed by atoms with van der Waals surface area (Å²) in [5, 5.41) is 0. The number of pyridine rings is 2. The van der Waals surface area contributed by atoms with Crippen LogP contribution in [0.5, 0.6) is 0 Å². The summed E-state index contributed by atoms with van der Waals surface area (Å²) in [7, 11) is 2.03. The highest BCUT2D eigenvalue weighted by Gasteiger charge is 2.06. The van der Waals surface area contributed by atoms with Crippen LogP contribution in [0, 0.1) is 6.92 Å². The summed E-state index contributed by atoms with van der Waals surface area (Å²) in [6, 6.07) is 8.06. The zero-order valence-corrected chi connectivity index (χ0v) is 11.4. The fraction of sp³-hybridized carbons (Fsp3) is 0.286. The fourth-order valence-electron chi connectivity index (χ4n) is 1.77. The molecule has 4 heteroatoms. The summed E-state index contributed by atoms with van der Waals surface area (Å²) in [6.45, 7) is 2.80. The van der Waals surface area contributed by atoms with Gasteiger partial charge in [-0.15, -0.1) is 11.6 Å². The molecule has 0 atom stereocenters. The molecule has 0 saturated carbocycles. The van der Waals surface area contributed by atoms with Gasteiger partial charge in [0.15, 0.2) is 0 Å². The third kappa shape index (κ3) is 2.99. The normalized spacial score (nSPS) is 10.4. The van der Waals surface area contributed by atoms with Gasteiger partial charge in [0.25, 0.3) is 0 Å². The van der Waals surface area contributed by atoms with Crippen LogP contribution in [0.1, 0.15) is 16.8 Å². The van der Waals surface area contributed by atoms with Gasteiger partial charge in [-0.3, -0.25) is 4.98 Å². The smallest absolute Gasteiger partial charge is 0.128 e. The van der Waals surface area contributed by atoms with E-state index in [1.165, 1.54) is 5.56 Å². The molecule has 94 valence electrons. The molecule has 0 unspecified atom stereocenters. The predicted octanol–water partition coefficient (Wildman–Crippen LogP) is 3.16. The van der Waals surface area contributed by atoms with E-state index in [2.05, 4.69) is 14.9 Å². The maximum absolute atomic E-state index is 5.83. The van der Waals surface area contributed by atoms with E-state index >= 15 is 0 Å². The van der Waals surface area contributed by atoms with E-state index in [4.69, 9.17) is 11.6 Å². The van der Waals surface area contributed by atoms with Crippen LogP contribution < -0.4 is 4.90 Å². The van der Waals surface area contributed by atoms with E-state index in [-0.39, 0.29) is 0 Å². The van der Waals surface area contributed by atoms with E-state index in [0.29, 0.717) is 5.88 Å². The van der Waals surface area contributed by atoms with Gasteiger partial charge in [0.2, 0.25) is 0 Å². The Labute approximate surface area is 112 Å². The van der Waals surface area contributed by atoms with Crippen molar-refractivity contribution < 1.29 is 0 Å². The average molecular weight is 262 g/mol. The molecule has 0 aliphatic rings. The molecule has 0 aliphatic heterocycles. The molecule has 2 heterocycles. The third-order valence-electron chi connectivity index (χ3n) is 2.88. The van der Waals surface area contributed by atoms with Crippen molar-refractivity contribution in [1.82, 2.24) is 9.97 Å². The Morgan fingerprint density at radius 3 is 2.50 bits per heavy atom. The van der Waals surface area contributed by atoms with Gasteiger partial charge in [-0.2, -0.15) is 0 Å². The number of hydrogen-bond acceptors (Lipinski definition) is 3. The lowest BCUT2D eigenvalue weighted by Crippen LogP contribution is -2.18. The highest BCUT2D eigenvalue weighted by molar-refractivity contribution is 6.17. The third-order valence-corrected chi connectivity index (χ3v) is 3.17. The lowest BCUT2D eigenvalue weighted by molar-refractivity contribution is 0.887. The largest absolute Gasteiger partial charge is 0.355 e. The second kappa shape index (κ2) is 5.83. The zero-order chi connectivity index (χ0) is 13.0. The van der Waals surface area contributed by atoms with Crippen molar-refractivity contribution in [2.24, 2.45) is 0 Å². The number of nitrogens with zero attached hydrogens (tertiary/aromatic N) is 3. The Hall–Kier alpha value is -1.61. The number of anilines is 1. The second-order valence-corrected chi connectivity index (χ2v) is 4.53. The summed E-state index contributed by atoms with van der Waals surface area (Å²) < 4.78 is 0. The van der Waals surface area contributed by atoms with Crippen LogP contribution in [0.3, 0.4) is 0 Å². The van der Waals surface area contributed by atoms with Crippen LogP contribution in [-0.4, -0.2) is 17.0 Å². The summed E-state index contributed by atoms with van der Waals surface area (Å²) >= 11 is 5.83. The van der Waals surface area contributed by atoms with Crippen molar-refractivity contribution in [3.63, 3.8) is 0 Å². The highest BCUT2D eigenvalue weighted by Crippen LogP contribution is 2.16. The van der Waals surface area contributed by atoms with Gasteiger partial charge >= 0.3 is 0 Å². The van der Waals surface area contributed by atoms with Crippen LogP contribution in [0.4, 0.5) is 5.82 Å². The van der Waals surface area contributed by atoms with E-state index < -0.39 is 0 Å². The van der Waals surface area contributed by atoms with Gasteiger partial charge in [0.1, 0.15) is 5.82 Å². The minimum absolute atomic E-state index is 0.507. The Kier molecular flexibility index (Phi) is 4.15. The van der Waals surface area contributed by atoms with Crippen LogP contribution >= 0.6 is 11.6 Å². The molecule has 0 radical (unpaired) electrons. The number of aryl methyl sites for hydroxylation is 1. The summed E-state index contributed by atoms with van der Waals surface area (Å²) in [5.74, 6) is 1.46. The van der Waals surface area contributed by atoms with Crippen LogP contribution in [0.15, 0.2) is 36.7 Å². The van der Waals surface area contributed by atoms with Gasteiger partial charge in [0, 0.05) is 37.6 Å². The van der Waals surface area contributed by atoms with Crippen LogP contribution in [-0.2, 0) is 12.4 Å². The standard InChI is InChI=1S/C14H16ClN3/c1-11-13(9-15)3-4-14(17-11)18(2)10-12-5-7-16-8-6-12/h3-8H,9-10H2,1-2H3. The molecule has 0 spiro atoms. The Balaban J connectivity index is 2.14. The van der Waals surface area contributed by atoms with Gasteiger partial charge in [-0.05, 0) is 36.2 Å². The quantitative estimate of drug-likeness (QED) is 0.792. The summed E-state index contributed by atoms with van der Waals surface area (Å²) in [4.78, 5) is 10.7. The van der Waals surface area contributed by atoms with E-state index in [0.717, 1.165) is 23.6 Å². The van der Waals surface area contributed by atoms with Gasteiger partial charge in [-0.1, -0.05) is 6.07 Å². The number of rotatable bonds is 4. The number of aromatic nitrogens is 2. The Morgan fingerprint density at radius 1 is 1.17 bits per heavy atom. The van der Waals surface area contributed by atoms with Gasteiger partial charge < -0.3 is 4.90 Å². The second-order valence-electron chi connectivity index (χ2n) is 4.26. The molecule has 2 aromatic rings. The topological polar surface area (TPSA) is 29.0 Å². The molecule has 2 rings (SSSR count). The molecule has 0 N–H and O–H groups in total. The molecular weight excluding hydrogens is 246 g/mol. The van der Waals surface area contributed by atoms with Crippen molar-refractivity contribution in [2.45, 2.75) is 19.3 Å². The average Bonchev–Trinajstić information content (AvgIpc) is 2.39.